The summed E-state index contributed by atoms with van der Waals surface area (Å²) in [7, 11) is 0. The number of aliphatic hydroxyl groups is 1. The highest BCUT2D eigenvalue weighted by molar-refractivity contribution is 5.79. The van der Waals surface area contributed by atoms with Crippen molar-refractivity contribution < 1.29 is 9.90 Å². The molecule has 0 bridgehead atoms. The highest BCUT2D eigenvalue weighted by atomic mass is 16.3. The van der Waals surface area contributed by atoms with Gasteiger partial charge in [-0.15, -0.1) is 0 Å². The van der Waals surface area contributed by atoms with Gasteiger partial charge in [0.05, 0.1) is 12.5 Å². The average Bonchev–Trinajstić information content (AvgIpc) is 2.68. The summed E-state index contributed by atoms with van der Waals surface area (Å²) in [6.45, 7) is 0. The maximum atomic E-state index is 12.5. The molecule has 0 fully saturated rings. The van der Waals surface area contributed by atoms with Gasteiger partial charge in [-0.1, -0.05) is 91.0 Å². The molecule has 0 heterocycles. The van der Waals surface area contributed by atoms with Crippen LogP contribution in [-0.4, -0.2) is 11.0 Å². The standard InChI is InChI=1S/C22H21NO2/c24-20(16-17-10-4-1-5-11-17)23-21(18-12-6-2-7-13-18)22(25)19-14-8-3-9-15-19/h1-15,21-22,25H,16H2,(H,23,24)/t21-,22+/m0/s1. The van der Waals surface area contributed by atoms with Crippen molar-refractivity contribution in [3.63, 3.8) is 0 Å². The predicted octanol–water partition coefficient (Wildman–Crippen LogP) is 3.82. The molecule has 0 aliphatic carbocycles. The molecule has 0 aliphatic rings. The quantitative estimate of drug-likeness (QED) is 0.721. The summed E-state index contributed by atoms with van der Waals surface area (Å²) in [5.41, 5.74) is 2.60. The second-order valence-corrected chi connectivity index (χ2v) is 5.97. The predicted molar refractivity (Wildman–Crippen MR) is 98.9 cm³/mol. The van der Waals surface area contributed by atoms with E-state index in [-0.39, 0.29) is 12.3 Å². The highest BCUT2D eigenvalue weighted by Crippen LogP contribution is 2.28. The van der Waals surface area contributed by atoms with Crippen LogP contribution in [0.1, 0.15) is 28.8 Å². The lowest BCUT2D eigenvalue weighted by molar-refractivity contribution is -0.122. The lowest BCUT2D eigenvalue weighted by Gasteiger charge is -2.25. The van der Waals surface area contributed by atoms with Crippen LogP contribution in [0.2, 0.25) is 0 Å². The fourth-order valence-corrected chi connectivity index (χ4v) is 2.85. The Labute approximate surface area is 148 Å². The van der Waals surface area contributed by atoms with E-state index >= 15 is 0 Å². The van der Waals surface area contributed by atoms with Crippen LogP contribution in [0.25, 0.3) is 0 Å². The molecule has 3 nitrogen and oxygen atoms in total. The Kier molecular flexibility index (Phi) is 5.60. The van der Waals surface area contributed by atoms with Gasteiger partial charge < -0.3 is 10.4 Å². The van der Waals surface area contributed by atoms with Crippen LogP contribution in [0.5, 0.6) is 0 Å². The van der Waals surface area contributed by atoms with E-state index in [1.165, 1.54) is 0 Å². The third-order valence-corrected chi connectivity index (χ3v) is 4.14. The van der Waals surface area contributed by atoms with Gasteiger partial charge in [0.15, 0.2) is 0 Å². The maximum Gasteiger partial charge on any atom is 0.225 e. The molecule has 0 radical (unpaired) electrons. The Morgan fingerprint density at radius 2 is 1.24 bits per heavy atom. The van der Waals surface area contributed by atoms with E-state index in [0.717, 1.165) is 16.7 Å². The third-order valence-electron chi connectivity index (χ3n) is 4.14. The van der Waals surface area contributed by atoms with Gasteiger partial charge in [-0.05, 0) is 16.7 Å². The van der Waals surface area contributed by atoms with E-state index in [2.05, 4.69) is 5.32 Å². The minimum atomic E-state index is -0.816. The molecule has 0 aromatic heterocycles. The molecular formula is C22H21NO2. The molecule has 25 heavy (non-hydrogen) atoms. The van der Waals surface area contributed by atoms with Crippen molar-refractivity contribution >= 4 is 5.91 Å². The smallest absolute Gasteiger partial charge is 0.225 e. The van der Waals surface area contributed by atoms with Crippen LogP contribution < -0.4 is 5.32 Å². The van der Waals surface area contributed by atoms with E-state index in [0.29, 0.717) is 0 Å². The summed E-state index contributed by atoms with van der Waals surface area (Å²) >= 11 is 0. The molecule has 126 valence electrons. The molecule has 0 saturated carbocycles. The van der Waals surface area contributed by atoms with Crippen molar-refractivity contribution in [1.82, 2.24) is 5.32 Å². The maximum absolute atomic E-state index is 12.5. The number of rotatable bonds is 6. The van der Waals surface area contributed by atoms with Crippen LogP contribution >= 0.6 is 0 Å². The van der Waals surface area contributed by atoms with Gasteiger partial charge in [-0.25, -0.2) is 0 Å². The molecule has 0 unspecified atom stereocenters. The number of aliphatic hydroxyl groups excluding tert-OH is 1. The fraction of sp³-hybridized carbons (Fsp3) is 0.136. The van der Waals surface area contributed by atoms with Crippen LogP contribution in [0, 0.1) is 0 Å². The van der Waals surface area contributed by atoms with Crippen LogP contribution in [0.4, 0.5) is 0 Å². The first-order valence-electron chi connectivity index (χ1n) is 8.35. The molecule has 0 saturated heterocycles. The number of hydrogen-bond donors (Lipinski definition) is 2. The SMILES string of the molecule is O=C(Cc1ccccc1)N[C@@H](c1ccccc1)[C@H](O)c1ccccc1. The highest BCUT2D eigenvalue weighted by Gasteiger charge is 2.24. The zero-order valence-electron chi connectivity index (χ0n) is 13.9. The Morgan fingerprint density at radius 1 is 0.760 bits per heavy atom. The van der Waals surface area contributed by atoms with Gasteiger partial charge in [0.2, 0.25) is 5.91 Å². The summed E-state index contributed by atoms with van der Waals surface area (Å²) in [6.07, 6.45) is -0.533. The summed E-state index contributed by atoms with van der Waals surface area (Å²) in [6, 6.07) is 28.1. The van der Waals surface area contributed by atoms with Crippen molar-refractivity contribution in [2.45, 2.75) is 18.6 Å². The van der Waals surface area contributed by atoms with E-state index in [4.69, 9.17) is 0 Å². The van der Waals surface area contributed by atoms with Crippen molar-refractivity contribution in [1.29, 1.82) is 0 Å². The second-order valence-electron chi connectivity index (χ2n) is 5.97. The van der Waals surface area contributed by atoms with Gasteiger partial charge >= 0.3 is 0 Å². The lowest BCUT2D eigenvalue weighted by atomic mass is 9.95. The lowest BCUT2D eigenvalue weighted by Crippen LogP contribution is -2.33. The van der Waals surface area contributed by atoms with Gasteiger partial charge in [0.1, 0.15) is 6.10 Å². The van der Waals surface area contributed by atoms with Crippen LogP contribution in [0.3, 0.4) is 0 Å². The van der Waals surface area contributed by atoms with Crippen molar-refractivity contribution in [2.24, 2.45) is 0 Å². The topological polar surface area (TPSA) is 49.3 Å². The number of carbonyl (C=O) groups excluding carboxylic acids is 1. The number of nitrogens with one attached hydrogen (secondary N) is 1. The molecular weight excluding hydrogens is 310 g/mol. The minimum absolute atomic E-state index is 0.116. The monoisotopic (exact) mass is 331 g/mol. The molecule has 1 amide bonds. The number of hydrogen-bond acceptors (Lipinski definition) is 2. The normalized spacial score (nSPS) is 13.0. The van der Waals surface area contributed by atoms with E-state index in [1.54, 1.807) is 0 Å². The number of carbonyl (C=O) groups is 1. The van der Waals surface area contributed by atoms with Crippen molar-refractivity contribution in [2.75, 3.05) is 0 Å². The zero-order chi connectivity index (χ0) is 17.5. The Hall–Kier alpha value is -2.91. The summed E-state index contributed by atoms with van der Waals surface area (Å²) in [5.74, 6) is -0.116. The summed E-state index contributed by atoms with van der Waals surface area (Å²) in [5, 5.41) is 13.8. The first kappa shape index (κ1) is 16.9. The van der Waals surface area contributed by atoms with Crippen LogP contribution in [0.15, 0.2) is 91.0 Å². The fourth-order valence-electron chi connectivity index (χ4n) is 2.85. The Bertz CT molecular complexity index is 788. The van der Waals surface area contributed by atoms with Gasteiger partial charge in [-0.2, -0.15) is 0 Å². The van der Waals surface area contributed by atoms with Crippen molar-refractivity contribution in [3.05, 3.63) is 108 Å². The summed E-state index contributed by atoms with van der Waals surface area (Å²) in [4.78, 5) is 12.5. The summed E-state index contributed by atoms with van der Waals surface area (Å²) < 4.78 is 0. The van der Waals surface area contributed by atoms with Gasteiger partial charge in [-0.3, -0.25) is 4.79 Å². The minimum Gasteiger partial charge on any atom is -0.386 e. The van der Waals surface area contributed by atoms with E-state index in [9.17, 15) is 9.90 Å². The van der Waals surface area contributed by atoms with Gasteiger partial charge in [0, 0.05) is 0 Å². The van der Waals surface area contributed by atoms with E-state index < -0.39 is 12.1 Å². The van der Waals surface area contributed by atoms with Crippen molar-refractivity contribution in [3.8, 4) is 0 Å². The largest absolute Gasteiger partial charge is 0.386 e. The zero-order valence-corrected chi connectivity index (χ0v) is 13.9. The molecule has 3 aromatic rings. The Balaban J connectivity index is 1.80. The molecule has 2 atom stereocenters. The molecule has 0 spiro atoms. The van der Waals surface area contributed by atoms with Crippen LogP contribution in [-0.2, 0) is 11.2 Å². The first-order chi connectivity index (χ1) is 12.2. The second kappa shape index (κ2) is 8.27. The first-order valence-corrected chi connectivity index (χ1v) is 8.35. The molecule has 2 N–H and O–H groups in total. The number of benzene rings is 3. The molecule has 3 aromatic carbocycles. The Morgan fingerprint density at radius 3 is 1.80 bits per heavy atom. The molecule has 3 heteroatoms. The molecule has 0 aliphatic heterocycles. The van der Waals surface area contributed by atoms with E-state index in [1.807, 2.05) is 91.0 Å². The van der Waals surface area contributed by atoms with Gasteiger partial charge in [0.25, 0.3) is 0 Å². The number of amides is 1. The molecule has 3 rings (SSSR count). The third kappa shape index (κ3) is 4.55. The average molecular weight is 331 g/mol.